The van der Waals surface area contributed by atoms with Crippen molar-refractivity contribution >= 4 is 0 Å². The monoisotopic (exact) mass is 666 g/mol. The molecule has 0 aromatic heterocycles. The fraction of sp³-hybridized carbons (Fsp3) is 0.294. The summed E-state index contributed by atoms with van der Waals surface area (Å²) in [4.78, 5) is 0. The van der Waals surface area contributed by atoms with Crippen molar-refractivity contribution in [1.82, 2.24) is 0 Å². The van der Waals surface area contributed by atoms with Gasteiger partial charge in [-0.3, -0.25) is 0 Å². The predicted molar refractivity (Wildman–Crippen MR) is 216 cm³/mol. The maximum atomic E-state index is 2.42. The number of hydrogen-bond acceptors (Lipinski definition) is 0. The molecular weight excluding hydrogens is 613 g/mol. The molecule has 0 aliphatic heterocycles. The molecule has 1 saturated carbocycles. The maximum absolute atomic E-state index is 2.42. The van der Waals surface area contributed by atoms with Gasteiger partial charge in [-0.1, -0.05) is 180 Å². The highest BCUT2D eigenvalue weighted by molar-refractivity contribution is 5.30. The lowest BCUT2D eigenvalue weighted by Gasteiger charge is -2.56. The summed E-state index contributed by atoms with van der Waals surface area (Å²) >= 11 is 0. The van der Waals surface area contributed by atoms with E-state index >= 15 is 0 Å². The van der Waals surface area contributed by atoms with Gasteiger partial charge in [-0.05, 0) is 128 Å². The van der Waals surface area contributed by atoms with E-state index in [1.54, 1.807) is 0 Å². The molecule has 5 unspecified atom stereocenters. The molecule has 1 aliphatic carbocycles. The first-order chi connectivity index (χ1) is 24.9. The number of aryl methyl sites for hydroxylation is 3. The minimum atomic E-state index is 0.0738. The second-order valence-electron chi connectivity index (χ2n) is 15.8. The number of hydrogen-bond donors (Lipinski definition) is 0. The largest absolute Gasteiger partial charge is 0.0622 e. The Morgan fingerprint density at radius 2 is 0.725 bits per heavy atom. The van der Waals surface area contributed by atoms with E-state index < -0.39 is 0 Å². The van der Waals surface area contributed by atoms with Crippen molar-refractivity contribution in [3.63, 3.8) is 0 Å². The Labute approximate surface area is 307 Å². The average Bonchev–Trinajstić information content (AvgIpc) is 3.15. The Bertz CT molecular complexity index is 1920. The van der Waals surface area contributed by atoms with E-state index in [0.29, 0.717) is 23.7 Å². The Morgan fingerprint density at radius 1 is 0.373 bits per heavy atom. The molecule has 0 saturated heterocycles. The Morgan fingerprint density at radius 3 is 1.22 bits per heavy atom. The molecule has 0 heterocycles. The van der Waals surface area contributed by atoms with E-state index in [-0.39, 0.29) is 5.41 Å². The van der Waals surface area contributed by atoms with Crippen molar-refractivity contribution in [2.75, 3.05) is 0 Å². The van der Waals surface area contributed by atoms with Crippen LogP contribution in [0.4, 0.5) is 0 Å². The van der Waals surface area contributed by atoms with Crippen molar-refractivity contribution in [1.29, 1.82) is 0 Å². The first-order valence-corrected chi connectivity index (χ1v) is 19.2. The second-order valence-corrected chi connectivity index (χ2v) is 15.8. The molecule has 6 aromatic carbocycles. The molecule has 0 amide bonds. The molecule has 258 valence electrons. The number of benzene rings is 6. The van der Waals surface area contributed by atoms with Crippen LogP contribution < -0.4 is 0 Å². The molecule has 0 heteroatoms. The summed E-state index contributed by atoms with van der Waals surface area (Å²) in [5, 5.41) is 0. The van der Waals surface area contributed by atoms with Gasteiger partial charge < -0.3 is 0 Å². The van der Waals surface area contributed by atoms with E-state index in [9.17, 15) is 0 Å². The molecule has 7 rings (SSSR count). The van der Waals surface area contributed by atoms with E-state index in [1.165, 1.54) is 56.5 Å². The van der Waals surface area contributed by atoms with Crippen LogP contribution in [-0.2, 0) is 38.5 Å². The third kappa shape index (κ3) is 8.80. The molecule has 0 bridgehead atoms. The molecule has 5 atom stereocenters. The molecule has 51 heavy (non-hydrogen) atoms. The van der Waals surface area contributed by atoms with Gasteiger partial charge in [0.25, 0.3) is 0 Å². The van der Waals surface area contributed by atoms with Crippen LogP contribution in [0.3, 0.4) is 0 Å². The average molecular weight is 667 g/mol. The van der Waals surface area contributed by atoms with Crippen LogP contribution in [0.2, 0.25) is 0 Å². The van der Waals surface area contributed by atoms with Gasteiger partial charge in [-0.15, -0.1) is 0 Å². The van der Waals surface area contributed by atoms with Crippen molar-refractivity contribution in [3.05, 3.63) is 214 Å². The van der Waals surface area contributed by atoms with Crippen LogP contribution in [-0.4, -0.2) is 0 Å². The summed E-state index contributed by atoms with van der Waals surface area (Å²) in [6, 6.07) is 62.6. The molecule has 1 fully saturated rings. The van der Waals surface area contributed by atoms with Gasteiger partial charge in [0.15, 0.2) is 0 Å². The van der Waals surface area contributed by atoms with Crippen LogP contribution in [0.15, 0.2) is 164 Å². The lowest BCUT2D eigenvalue weighted by molar-refractivity contribution is -0.0393. The summed E-state index contributed by atoms with van der Waals surface area (Å²) in [7, 11) is 0. The summed E-state index contributed by atoms with van der Waals surface area (Å²) in [6.45, 7) is 6.64. The molecule has 6 aromatic rings. The van der Waals surface area contributed by atoms with Gasteiger partial charge in [0.2, 0.25) is 0 Å². The van der Waals surface area contributed by atoms with Crippen LogP contribution >= 0.6 is 0 Å². The minimum Gasteiger partial charge on any atom is -0.0622 e. The van der Waals surface area contributed by atoms with E-state index in [4.69, 9.17) is 0 Å². The van der Waals surface area contributed by atoms with Gasteiger partial charge in [0, 0.05) is 0 Å². The van der Waals surface area contributed by atoms with Crippen molar-refractivity contribution < 1.29 is 0 Å². The highest BCUT2D eigenvalue weighted by Crippen LogP contribution is 2.56. The Kier molecular flexibility index (Phi) is 11.0. The second kappa shape index (κ2) is 16.1. The topological polar surface area (TPSA) is 0 Å². The SMILES string of the molecule is Cc1ccc(CC2CC(Cc3ccccc3)(Cc3ccc(C)cc3)C(Cc3ccccc3)C(Cc3ccc(C)cc3)C2Cc2ccccc2)cc1. The van der Waals surface area contributed by atoms with Gasteiger partial charge in [-0.25, -0.2) is 0 Å². The highest BCUT2D eigenvalue weighted by atomic mass is 14.6. The smallest absolute Gasteiger partial charge is 0.0180 e. The van der Waals surface area contributed by atoms with Crippen LogP contribution in [0, 0.1) is 49.9 Å². The maximum Gasteiger partial charge on any atom is -0.0180 e. The van der Waals surface area contributed by atoms with Crippen molar-refractivity contribution in [2.24, 2.45) is 29.1 Å². The van der Waals surface area contributed by atoms with Crippen molar-refractivity contribution in [2.45, 2.75) is 65.7 Å². The van der Waals surface area contributed by atoms with Gasteiger partial charge in [0.05, 0.1) is 0 Å². The number of rotatable bonds is 12. The molecular formula is C51H54. The standard InChI is InChI=1S/C51H54/c1-38-19-25-43(26-20-38)31-47-37-51(35-45-17-11-6-12-18-45,36-46-29-23-40(3)24-30-46)50(34-42-15-9-5-10-16-42)49(33-44-27-21-39(2)22-28-44)48(47)32-41-13-7-4-8-14-41/h4-30,47-50H,31-37H2,1-3H3. The predicted octanol–water partition coefficient (Wildman–Crippen LogP) is 12.2. The Balaban J connectivity index is 1.43. The first kappa shape index (κ1) is 34.8. The van der Waals surface area contributed by atoms with Crippen molar-refractivity contribution in [3.8, 4) is 0 Å². The zero-order valence-corrected chi connectivity index (χ0v) is 30.8. The van der Waals surface area contributed by atoms with E-state index in [2.05, 4.69) is 185 Å². The molecule has 0 radical (unpaired) electrons. The van der Waals surface area contributed by atoms with Gasteiger partial charge >= 0.3 is 0 Å². The minimum absolute atomic E-state index is 0.0738. The summed E-state index contributed by atoms with van der Waals surface area (Å²) < 4.78 is 0. The Hall–Kier alpha value is -4.68. The normalized spacial score (nSPS) is 21.7. The van der Waals surface area contributed by atoms with E-state index in [0.717, 1.165) is 38.5 Å². The van der Waals surface area contributed by atoms with Gasteiger partial charge in [-0.2, -0.15) is 0 Å². The fourth-order valence-corrected chi connectivity index (χ4v) is 9.49. The highest BCUT2D eigenvalue weighted by Gasteiger charge is 2.52. The summed E-state index contributed by atoms with van der Waals surface area (Å²) in [6.07, 6.45) is 7.82. The molecule has 1 aliphatic rings. The molecule has 0 spiro atoms. The fourth-order valence-electron chi connectivity index (χ4n) is 9.49. The lowest BCUT2D eigenvalue weighted by atomic mass is 9.48. The summed E-state index contributed by atoms with van der Waals surface area (Å²) in [5.41, 5.74) is 12.9. The zero-order chi connectivity index (χ0) is 35.0. The molecule has 0 N–H and O–H groups in total. The van der Waals surface area contributed by atoms with Crippen LogP contribution in [0.5, 0.6) is 0 Å². The van der Waals surface area contributed by atoms with Crippen LogP contribution in [0.25, 0.3) is 0 Å². The third-order valence-electron chi connectivity index (χ3n) is 12.0. The lowest BCUT2D eigenvalue weighted by Crippen LogP contribution is -2.52. The van der Waals surface area contributed by atoms with Gasteiger partial charge in [0.1, 0.15) is 0 Å². The first-order valence-electron chi connectivity index (χ1n) is 19.2. The van der Waals surface area contributed by atoms with Crippen LogP contribution in [0.1, 0.15) is 56.5 Å². The summed E-state index contributed by atoms with van der Waals surface area (Å²) in [5.74, 6) is 2.09. The molecule has 0 nitrogen and oxygen atoms in total. The quantitative estimate of drug-likeness (QED) is 0.122. The van der Waals surface area contributed by atoms with E-state index in [1.807, 2.05) is 0 Å². The zero-order valence-electron chi connectivity index (χ0n) is 30.8. The third-order valence-corrected chi connectivity index (χ3v) is 12.0.